The maximum Gasteiger partial charge on any atom is 0.134 e. The predicted molar refractivity (Wildman–Crippen MR) is 86.3 cm³/mol. The fraction of sp³-hybridized carbons (Fsp3) is 0.412. The zero-order valence-corrected chi connectivity index (χ0v) is 12.9. The monoisotopic (exact) mass is 305 g/mol. The fourth-order valence-electron chi connectivity index (χ4n) is 2.42. The minimum atomic E-state index is 0.000168. The maximum atomic E-state index is 6.25. The molecule has 2 aromatic rings. The summed E-state index contributed by atoms with van der Waals surface area (Å²) in [6.07, 6.45) is 2.54. The smallest absolute Gasteiger partial charge is 0.134 e. The molecule has 0 heterocycles. The highest BCUT2D eigenvalue weighted by Crippen LogP contribution is 2.31. The van der Waals surface area contributed by atoms with Crippen molar-refractivity contribution >= 4 is 22.4 Å². The molecule has 0 aromatic heterocycles. The minimum Gasteiger partial charge on any atom is -0.486 e. The lowest BCUT2D eigenvalue weighted by Gasteiger charge is -2.20. The molecule has 0 aliphatic heterocycles. The van der Waals surface area contributed by atoms with Gasteiger partial charge in [-0.05, 0) is 25.0 Å². The van der Waals surface area contributed by atoms with E-state index in [1.54, 1.807) is 7.11 Å². The summed E-state index contributed by atoms with van der Waals surface area (Å²) in [7, 11) is 1.70. The molecule has 112 valence electrons. The second-order valence-corrected chi connectivity index (χ2v) is 5.88. The van der Waals surface area contributed by atoms with Crippen LogP contribution in [0.25, 0.3) is 10.8 Å². The Morgan fingerprint density at radius 3 is 2.67 bits per heavy atom. The highest BCUT2D eigenvalue weighted by atomic mass is 35.5. The molecule has 0 saturated heterocycles. The van der Waals surface area contributed by atoms with Crippen LogP contribution in [0.15, 0.2) is 36.4 Å². The van der Waals surface area contributed by atoms with E-state index >= 15 is 0 Å². The number of hydrogen-bond donors (Lipinski definition) is 1. The molecule has 0 bridgehead atoms. The third-order valence-corrected chi connectivity index (χ3v) is 4.02. The molecule has 3 nitrogen and oxygen atoms in total. The molecule has 3 rings (SSSR count). The molecule has 1 aliphatic carbocycles. The SMILES string of the molecule is COCC(CNC1CC1)Oc1ccc(Cl)c2ccccc12. The third-order valence-electron chi connectivity index (χ3n) is 3.69. The second-order valence-electron chi connectivity index (χ2n) is 5.47. The van der Waals surface area contributed by atoms with E-state index in [4.69, 9.17) is 21.1 Å². The Bertz CT molecular complexity index is 613. The number of halogens is 1. The molecule has 2 aromatic carbocycles. The van der Waals surface area contributed by atoms with Crippen molar-refractivity contribution in [2.24, 2.45) is 0 Å². The van der Waals surface area contributed by atoms with Gasteiger partial charge in [0.25, 0.3) is 0 Å². The first-order chi connectivity index (χ1) is 10.3. The summed E-state index contributed by atoms with van der Waals surface area (Å²) in [4.78, 5) is 0. The van der Waals surface area contributed by atoms with Gasteiger partial charge in [-0.3, -0.25) is 0 Å². The average Bonchev–Trinajstić information content (AvgIpc) is 3.32. The van der Waals surface area contributed by atoms with E-state index in [1.165, 1.54) is 12.8 Å². The minimum absolute atomic E-state index is 0.000168. The van der Waals surface area contributed by atoms with Crippen molar-refractivity contribution in [3.8, 4) is 5.75 Å². The Hall–Kier alpha value is -1.29. The first kappa shape index (κ1) is 14.6. The van der Waals surface area contributed by atoms with E-state index in [9.17, 15) is 0 Å². The highest BCUT2D eigenvalue weighted by molar-refractivity contribution is 6.35. The van der Waals surface area contributed by atoms with Crippen molar-refractivity contribution in [2.45, 2.75) is 25.0 Å². The summed E-state index contributed by atoms with van der Waals surface area (Å²) in [5.74, 6) is 0.856. The second kappa shape index (κ2) is 6.65. The van der Waals surface area contributed by atoms with Crippen molar-refractivity contribution in [3.05, 3.63) is 41.4 Å². The number of rotatable bonds is 7. The molecular weight excluding hydrogens is 286 g/mol. The van der Waals surface area contributed by atoms with Gasteiger partial charge in [-0.25, -0.2) is 0 Å². The Kier molecular flexibility index (Phi) is 4.63. The van der Waals surface area contributed by atoms with Crippen molar-refractivity contribution in [2.75, 3.05) is 20.3 Å². The van der Waals surface area contributed by atoms with Crippen LogP contribution in [0.5, 0.6) is 5.75 Å². The Morgan fingerprint density at radius 1 is 1.19 bits per heavy atom. The highest BCUT2D eigenvalue weighted by Gasteiger charge is 2.22. The number of ether oxygens (including phenoxy) is 2. The number of methoxy groups -OCH3 is 1. The molecule has 1 fully saturated rings. The van der Waals surface area contributed by atoms with Gasteiger partial charge in [0, 0.05) is 35.5 Å². The molecule has 0 spiro atoms. The van der Waals surface area contributed by atoms with Crippen LogP contribution < -0.4 is 10.1 Å². The molecule has 0 radical (unpaired) electrons. The van der Waals surface area contributed by atoms with Crippen LogP contribution in [-0.4, -0.2) is 32.4 Å². The first-order valence-electron chi connectivity index (χ1n) is 7.34. The van der Waals surface area contributed by atoms with E-state index in [1.807, 2.05) is 36.4 Å². The Balaban J connectivity index is 1.79. The van der Waals surface area contributed by atoms with Gasteiger partial charge in [-0.15, -0.1) is 0 Å². The fourth-order valence-corrected chi connectivity index (χ4v) is 2.65. The first-order valence-corrected chi connectivity index (χ1v) is 7.72. The summed E-state index contributed by atoms with van der Waals surface area (Å²) in [5.41, 5.74) is 0. The van der Waals surface area contributed by atoms with E-state index in [-0.39, 0.29) is 6.10 Å². The van der Waals surface area contributed by atoms with Gasteiger partial charge in [-0.1, -0.05) is 35.9 Å². The molecule has 4 heteroatoms. The quantitative estimate of drug-likeness (QED) is 0.847. The lowest BCUT2D eigenvalue weighted by molar-refractivity contribution is 0.0814. The van der Waals surface area contributed by atoms with Crippen LogP contribution in [0.4, 0.5) is 0 Å². The number of benzene rings is 2. The third kappa shape index (κ3) is 3.67. The van der Waals surface area contributed by atoms with Crippen LogP contribution in [0.3, 0.4) is 0 Å². The van der Waals surface area contributed by atoms with Crippen LogP contribution in [0.1, 0.15) is 12.8 Å². The summed E-state index contributed by atoms with van der Waals surface area (Å²) >= 11 is 6.25. The van der Waals surface area contributed by atoms with Gasteiger partial charge < -0.3 is 14.8 Å². The molecule has 21 heavy (non-hydrogen) atoms. The van der Waals surface area contributed by atoms with Crippen LogP contribution in [0, 0.1) is 0 Å². The van der Waals surface area contributed by atoms with Crippen molar-refractivity contribution < 1.29 is 9.47 Å². The number of hydrogen-bond acceptors (Lipinski definition) is 3. The normalized spacial score (nSPS) is 16.1. The summed E-state index contributed by atoms with van der Waals surface area (Å²) in [6, 6.07) is 12.5. The molecule has 1 unspecified atom stereocenters. The predicted octanol–water partition coefficient (Wildman–Crippen LogP) is 3.64. The van der Waals surface area contributed by atoms with Crippen LogP contribution in [0.2, 0.25) is 5.02 Å². The molecule has 1 saturated carbocycles. The number of nitrogens with one attached hydrogen (secondary N) is 1. The van der Waals surface area contributed by atoms with Gasteiger partial charge in [0.15, 0.2) is 0 Å². The standard InChI is InChI=1S/C17H20ClNO2/c1-20-11-13(10-19-12-6-7-12)21-17-9-8-16(18)14-4-2-3-5-15(14)17/h2-5,8-9,12-13,19H,6-7,10-11H2,1H3. The van der Waals surface area contributed by atoms with E-state index in [0.29, 0.717) is 12.6 Å². The van der Waals surface area contributed by atoms with Gasteiger partial charge in [0.2, 0.25) is 0 Å². The molecular formula is C17H20ClNO2. The average molecular weight is 306 g/mol. The van der Waals surface area contributed by atoms with Crippen molar-refractivity contribution in [1.29, 1.82) is 0 Å². The number of fused-ring (bicyclic) bond motifs is 1. The Labute approximate surface area is 130 Å². The zero-order chi connectivity index (χ0) is 14.7. The van der Waals surface area contributed by atoms with Crippen LogP contribution in [-0.2, 0) is 4.74 Å². The van der Waals surface area contributed by atoms with Gasteiger partial charge >= 0.3 is 0 Å². The molecule has 1 atom stereocenters. The van der Waals surface area contributed by atoms with E-state index in [0.717, 1.165) is 28.1 Å². The van der Waals surface area contributed by atoms with Gasteiger partial charge in [0.05, 0.1) is 6.61 Å². The van der Waals surface area contributed by atoms with Gasteiger partial charge in [-0.2, -0.15) is 0 Å². The molecule has 1 aliphatic rings. The largest absolute Gasteiger partial charge is 0.486 e. The van der Waals surface area contributed by atoms with Crippen molar-refractivity contribution in [3.63, 3.8) is 0 Å². The van der Waals surface area contributed by atoms with Crippen molar-refractivity contribution in [1.82, 2.24) is 5.32 Å². The van der Waals surface area contributed by atoms with E-state index in [2.05, 4.69) is 5.32 Å². The zero-order valence-electron chi connectivity index (χ0n) is 12.1. The van der Waals surface area contributed by atoms with E-state index < -0.39 is 0 Å². The van der Waals surface area contributed by atoms with Gasteiger partial charge in [0.1, 0.15) is 11.9 Å². The lowest BCUT2D eigenvalue weighted by Crippen LogP contribution is -2.36. The molecule has 1 N–H and O–H groups in total. The lowest BCUT2D eigenvalue weighted by atomic mass is 10.1. The molecule has 0 amide bonds. The summed E-state index contributed by atoms with van der Waals surface area (Å²) in [5, 5.41) is 6.29. The summed E-state index contributed by atoms with van der Waals surface area (Å²) in [6.45, 7) is 1.37. The Morgan fingerprint density at radius 2 is 1.95 bits per heavy atom. The summed E-state index contributed by atoms with van der Waals surface area (Å²) < 4.78 is 11.4. The van der Waals surface area contributed by atoms with Crippen LogP contribution >= 0.6 is 11.6 Å². The maximum absolute atomic E-state index is 6.25. The topological polar surface area (TPSA) is 30.5 Å².